The Morgan fingerprint density at radius 3 is 2.79 bits per heavy atom. The van der Waals surface area contributed by atoms with E-state index in [2.05, 4.69) is 15.1 Å². The number of hydrogen-bond donors (Lipinski definition) is 1. The number of benzene rings is 1. The average molecular weight is 352 g/mol. The average Bonchev–Trinajstić information content (AvgIpc) is 3.25. The van der Waals surface area contributed by atoms with Crippen molar-refractivity contribution in [3.05, 3.63) is 23.2 Å². The lowest BCUT2D eigenvalue weighted by Gasteiger charge is -2.26. The molecule has 2 fully saturated rings. The highest BCUT2D eigenvalue weighted by molar-refractivity contribution is 6.31. The van der Waals surface area contributed by atoms with Crippen molar-refractivity contribution in [1.29, 1.82) is 0 Å². The van der Waals surface area contributed by atoms with E-state index in [0.717, 1.165) is 19.5 Å². The van der Waals surface area contributed by atoms with Crippen molar-refractivity contribution in [2.24, 2.45) is 0 Å². The van der Waals surface area contributed by atoms with Crippen LogP contribution in [0.1, 0.15) is 26.2 Å². The molecule has 2 aliphatic heterocycles. The zero-order valence-corrected chi connectivity index (χ0v) is 15.2. The minimum Gasteiger partial charge on any atom is -0.495 e. The molecule has 1 aromatic carbocycles. The molecule has 0 spiro atoms. The molecule has 1 N–H and O–H groups in total. The molecule has 0 aliphatic carbocycles. The van der Waals surface area contributed by atoms with E-state index < -0.39 is 0 Å². The van der Waals surface area contributed by atoms with Crippen LogP contribution in [0.15, 0.2) is 18.2 Å². The summed E-state index contributed by atoms with van der Waals surface area (Å²) in [5.41, 5.74) is 0.622. The summed E-state index contributed by atoms with van der Waals surface area (Å²) in [6, 6.07) is 5.68. The van der Waals surface area contributed by atoms with E-state index in [4.69, 9.17) is 16.3 Å². The monoisotopic (exact) mass is 351 g/mol. The van der Waals surface area contributed by atoms with Gasteiger partial charge in [0, 0.05) is 24.2 Å². The first kappa shape index (κ1) is 17.5. The van der Waals surface area contributed by atoms with E-state index in [9.17, 15) is 4.79 Å². The Bertz CT molecular complexity index is 590. The SMILES string of the molecule is COc1ccc(Cl)cc1NC(=O)C(C)N1CCC(N2CCCC2)C1. The molecule has 0 aromatic heterocycles. The molecule has 2 atom stereocenters. The zero-order chi connectivity index (χ0) is 17.1. The quantitative estimate of drug-likeness (QED) is 0.886. The maximum absolute atomic E-state index is 12.6. The van der Waals surface area contributed by atoms with Crippen molar-refractivity contribution in [3.63, 3.8) is 0 Å². The van der Waals surface area contributed by atoms with Gasteiger partial charge in [-0.3, -0.25) is 14.6 Å². The lowest BCUT2D eigenvalue weighted by Crippen LogP contribution is -2.43. The van der Waals surface area contributed by atoms with Gasteiger partial charge < -0.3 is 10.1 Å². The smallest absolute Gasteiger partial charge is 0.241 e. The number of nitrogens with zero attached hydrogens (tertiary/aromatic N) is 2. The first-order valence-electron chi connectivity index (χ1n) is 8.71. The number of carbonyl (C=O) groups is 1. The fourth-order valence-corrected chi connectivity index (χ4v) is 3.88. The van der Waals surface area contributed by atoms with Crippen LogP contribution in [-0.2, 0) is 4.79 Å². The highest BCUT2D eigenvalue weighted by atomic mass is 35.5. The second kappa shape index (κ2) is 7.72. The van der Waals surface area contributed by atoms with Gasteiger partial charge in [0.1, 0.15) is 5.75 Å². The Kier molecular flexibility index (Phi) is 5.64. The number of rotatable bonds is 5. The maximum Gasteiger partial charge on any atom is 0.241 e. The number of methoxy groups -OCH3 is 1. The van der Waals surface area contributed by atoms with Gasteiger partial charge in [-0.05, 0) is 57.5 Å². The summed E-state index contributed by atoms with van der Waals surface area (Å²) in [7, 11) is 1.59. The van der Waals surface area contributed by atoms with Crippen molar-refractivity contribution in [3.8, 4) is 5.75 Å². The van der Waals surface area contributed by atoms with Crippen LogP contribution < -0.4 is 10.1 Å². The molecule has 1 aromatic rings. The first-order chi connectivity index (χ1) is 11.6. The number of carbonyl (C=O) groups excluding carboxylic acids is 1. The lowest BCUT2D eigenvalue weighted by atomic mass is 10.2. The maximum atomic E-state index is 12.6. The summed E-state index contributed by atoms with van der Waals surface area (Å²) < 4.78 is 5.30. The minimum absolute atomic E-state index is 0.0161. The van der Waals surface area contributed by atoms with Crippen LogP contribution >= 0.6 is 11.6 Å². The van der Waals surface area contributed by atoms with Crippen LogP contribution in [0, 0.1) is 0 Å². The number of hydrogen-bond acceptors (Lipinski definition) is 4. The molecule has 132 valence electrons. The van der Waals surface area contributed by atoms with E-state index >= 15 is 0 Å². The van der Waals surface area contributed by atoms with E-state index in [1.165, 1.54) is 25.9 Å². The number of halogens is 1. The van der Waals surface area contributed by atoms with Crippen molar-refractivity contribution < 1.29 is 9.53 Å². The van der Waals surface area contributed by atoms with Crippen molar-refractivity contribution >= 4 is 23.2 Å². The van der Waals surface area contributed by atoms with Crippen LogP contribution in [0.25, 0.3) is 0 Å². The normalized spacial score (nSPS) is 23.4. The summed E-state index contributed by atoms with van der Waals surface area (Å²) in [5.74, 6) is 0.606. The number of ether oxygens (including phenoxy) is 1. The Morgan fingerprint density at radius 1 is 1.33 bits per heavy atom. The number of nitrogens with one attached hydrogen (secondary N) is 1. The van der Waals surface area contributed by atoms with Crippen LogP contribution in [0.4, 0.5) is 5.69 Å². The Labute approximate surface area is 148 Å². The van der Waals surface area contributed by atoms with Gasteiger partial charge in [-0.25, -0.2) is 0 Å². The Morgan fingerprint density at radius 2 is 2.08 bits per heavy atom. The van der Waals surface area contributed by atoms with Crippen LogP contribution in [0.2, 0.25) is 5.02 Å². The largest absolute Gasteiger partial charge is 0.495 e. The molecule has 1 amide bonds. The van der Waals surface area contributed by atoms with Gasteiger partial charge in [0.25, 0.3) is 0 Å². The minimum atomic E-state index is -0.165. The summed E-state index contributed by atoms with van der Waals surface area (Å²) in [5, 5.41) is 3.54. The molecule has 5 nitrogen and oxygen atoms in total. The second-order valence-electron chi connectivity index (χ2n) is 6.69. The van der Waals surface area contributed by atoms with Gasteiger partial charge in [-0.15, -0.1) is 0 Å². The summed E-state index contributed by atoms with van der Waals surface area (Å²) in [6.45, 7) is 6.33. The zero-order valence-electron chi connectivity index (χ0n) is 14.4. The van der Waals surface area contributed by atoms with Gasteiger partial charge >= 0.3 is 0 Å². The van der Waals surface area contributed by atoms with Crippen LogP contribution in [0.3, 0.4) is 0 Å². The van der Waals surface area contributed by atoms with Gasteiger partial charge in [-0.2, -0.15) is 0 Å². The molecule has 2 aliphatic rings. The highest BCUT2D eigenvalue weighted by Gasteiger charge is 2.33. The Balaban J connectivity index is 1.60. The highest BCUT2D eigenvalue weighted by Crippen LogP contribution is 2.28. The van der Waals surface area contributed by atoms with Gasteiger partial charge in [0.05, 0.1) is 18.8 Å². The third-order valence-corrected chi connectivity index (χ3v) is 5.43. The first-order valence-corrected chi connectivity index (χ1v) is 9.09. The molecule has 3 rings (SSSR count). The number of amides is 1. The molecule has 2 saturated heterocycles. The van der Waals surface area contributed by atoms with E-state index in [1.807, 2.05) is 6.92 Å². The molecule has 24 heavy (non-hydrogen) atoms. The van der Waals surface area contributed by atoms with Crippen LogP contribution in [0.5, 0.6) is 5.75 Å². The second-order valence-corrected chi connectivity index (χ2v) is 7.13. The molecule has 2 unspecified atom stereocenters. The predicted molar refractivity (Wildman–Crippen MR) is 96.9 cm³/mol. The molecule has 0 bridgehead atoms. The topological polar surface area (TPSA) is 44.8 Å². The van der Waals surface area contributed by atoms with Gasteiger partial charge in [-0.1, -0.05) is 11.6 Å². The van der Waals surface area contributed by atoms with Gasteiger partial charge in [0.2, 0.25) is 5.91 Å². The van der Waals surface area contributed by atoms with Crippen molar-refractivity contribution in [1.82, 2.24) is 9.80 Å². The molecule has 0 saturated carbocycles. The van der Waals surface area contributed by atoms with Crippen molar-refractivity contribution in [2.45, 2.75) is 38.3 Å². The molecule has 2 heterocycles. The number of likely N-dealkylation sites (tertiary alicyclic amines) is 2. The lowest BCUT2D eigenvalue weighted by molar-refractivity contribution is -0.120. The predicted octanol–water partition coefficient (Wildman–Crippen LogP) is 2.85. The Hall–Kier alpha value is -1.30. The third kappa shape index (κ3) is 3.85. The summed E-state index contributed by atoms with van der Waals surface area (Å²) >= 11 is 6.03. The van der Waals surface area contributed by atoms with Crippen LogP contribution in [-0.4, -0.2) is 61.1 Å². The van der Waals surface area contributed by atoms with E-state index in [0.29, 0.717) is 22.5 Å². The van der Waals surface area contributed by atoms with E-state index in [1.54, 1.807) is 25.3 Å². The summed E-state index contributed by atoms with van der Waals surface area (Å²) in [4.78, 5) is 17.5. The van der Waals surface area contributed by atoms with Crippen molar-refractivity contribution in [2.75, 3.05) is 38.6 Å². The number of anilines is 1. The van der Waals surface area contributed by atoms with E-state index in [-0.39, 0.29) is 11.9 Å². The third-order valence-electron chi connectivity index (χ3n) is 5.20. The fraction of sp³-hybridized carbons (Fsp3) is 0.611. The standard InChI is InChI=1S/C18H26ClN3O2/c1-13(22-10-7-15(12-22)21-8-3-4-9-21)18(23)20-16-11-14(19)5-6-17(16)24-2/h5-6,11,13,15H,3-4,7-10,12H2,1-2H3,(H,20,23). The fourth-order valence-electron chi connectivity index (χ4n) is 3.71. The van der Waals surface area contributed by atoms with Gasteiger partial charge in [0.15, 0.2) is 0 Å². The summed E-state index contributed by atoms with van der Waals surface area (Å²) in [6.07, 6.45) is 3.76. The molecular weight excluding hydrogens is 326 g/mol. The molecule has 0 radical (unpaired) electrons. The molecular formula is C18H26ClN3O2. The molecule has 6 heteroatoms.